The zero-order valence-corrected chi connectivity index (χ0v) is 17.5. The lowest BCUT2D eigenvalue weighted by Crippen LogP contribution is -2.33. The Morgan fingerprint density at radius 2 is 1.94 bits per heavy atom. The highest BCUT2D eigenvalue weighted by molar-refractivity contribution is 6.11. The molecule has 0 spiro atoms. The maximum atomic E-state index is 13.1. The number of aromatic amines is 1. The Balaban J connectivity index is 1.78. The van der Waals surface area contributed by atoms with Crippen molar-refractivity contribution in [3.63, 3.8) is 0 Å². The Kier molecular flexibility index (Phi) is 5.77. The number of fused-ring (bicyclic) bond motifs is 1. The third kappa shape index (κ3) is 4.53. The molecular weight excluding hydrogens is 422 g/mol. The van der Waals surface area contributed by atoms with Gasteiger partial charge in [-0.2, -0.15) is 8.78 Å². The van der Waals surface area contributed by atoms with Gasteiger partial charge in [0.15, 0.2) is 5.65 Å². The topological polar surface area (TPSA) is 106 Å². The average molecular weight is 444 g/mol. The van der Waals surface area contributed by atoms with E-state index in [0.717, 1.165) is 12.8 Å². The second-order valence-corrected chi connectivity index (χ2v) is 8.19. The van der Waals surface area contributed by atoms with Crippen molar-refractivity contribution >= 4 is 22.6 Å². The second-order valence-electron chi connectivity index (χ2n) is 8.19. The van der Waals surface area contributed by atoms with Crippen molar-refractivity contribution in [3.05, 3.63) is 62.4 Å². The van der Waals surface area contributed by atoms with Crippen molar-refractivity contribution < 1.29 is 18.3 Å². The molecule has 1 aromatic carbocycles. The van der Waals surface area contributed by atoms with Gasteiger partial charge >= 0.3 is 12.3 Å². The number of hydrogen-bond acceptors (Lipinski definition) is 5. The van der Waals surface area contributed by atoms with Crippen molar-refractivity contribution in [2.75, 3.05) is 5.32 Å². The van der Waals surface area contributed by atoms with Crippen molar-refractivity contribution in [1.82, 2.24) is 14.5 Å². The predicted octanol–water partition coefficient (Wildman–Crippen LogP) is 3.47. The van der Waals surface area contributed by atoms with Gasteiger partial charge in [-0.25, -0.2) is 9.78 Å². The number of ether oxygens (including phenoxy) is 1. The predicted molar refractivity (Wildman–Crippen MR) is 114 cm³/mol. The Morgan fingerprint density at radius 3 is 2.53 bits per heavy atom. The third-order valence-corrected chi connectivity index (χ3v) is 5.09. The van der Waals surface area contributed by atoms with Crippen molar-refractivity contribution in [1.29, 1.82) is 0 Å². The van der Waals surface area contributed by atoms with Crippen LogP contribution in [0.3, 0.4) is 0 Å². The molecule has 0 aliphatic heterocycles. The lowest BCUT2D eigenvalue weighted by atomic mass is 10.1. The van der Waals surface area contributed by atoms with Crippen LogP contribution in [0.4, 0.5) is 14.5 Å². The first kappa shape index (κ1) is 21.7. The summed E-state index contributed by atoms with van der Waals surface area (Å²) in [5, 5.41) is 2.70. The van der Waals surface area contributed by atoms with E-state index in [9.17, 15) is 23.2 Å². The molecule has 2 aromatic heterocycles. The summed E-state index contributed by atoms with van der Waals surface area (Å²) < 4.78 is 30.4. The van der Waals surface area contributed by atoms with Crippen molar-refractivity contribution in [2.24, 2.45) is 5.92 Å². The van der Waals surface area contributed by atoms with Crippen LogP contribution in [0.2, 0.25) is 0 Å². The SMILES string of the molecule is CC(C)Cn1c(=O)[nH]c(=O)c2c(C(=O)Nc3ccc(OC(F)F)cc3)cc(C3CC3)nc21. The summed E-state index contributed by atoms with van der Waals surface area (Å²) in [6.07, 6.45) is 1.84. The van der Waals surface area contributed by atoms with Crippen LogP contribution in [-0.4, -0.2) is 27.1 Å². The molecule has 1 aliphatic carbocycles. The Labute approximate surface area is 181 Å². The molecule has 0 saturated heterocycles. The van der Waals surface area contributed by atoms with E-state index in [1.165, 1.54) is 28.8 Å². The number of nitrogens with one attached hydrogen (secondary N) is 2. The Bertz CT molecular complexity index is 1280. The highest BCUT2D eigenvalue weighted by Crippen LogP contribution is 2.40. The van der Waals surface area contributed by atoms with Gasteiger partial charge in [0, 0.05) is 23.8 Å². The molecule has 1 fully saturated rings. The number of H-pyrrole nitrogens is 1. The van der Waals surface area contributed by atoms with Gasteiger partial charge in [-0.1, -0.05) is 13.8 Å². The van der Waals surface area contributed by atoms with Crippen LogP contribution in [0.5, 0.6) is 5.75 Å². The first-order chi connectivity index (χ1) is 15.2. The molecule has 1 saturated carbocycles. The Hall–Kier alpha value is -3.56. The van der Waals surface area contributed by atoms with Crippen LogP contribution < -0.4 is 21.3 Å². The second kappa shape index (κ2) is 8.52. The zero-order valence-electron chi connectivity index (χ0n) is 17.5. The number of hydrogen-bond donors (Lipinski definition) is 2. The number of carbonyl (C=O) groups excluding carboxylic acids is 1. The monoisotopic (exact) mass is 444 g/mol. The van der Waals surface area contributed by atoms with Gasteiger partial charge in [0.25, 0.3) is 11.5 Å². The average Bonchev–Trinajstić information content (AvgIpc) is 3.56. The summed E-state index contributed by atoms with van der Waals surface area (Å²) in [4.78, 5) is 45.1. The third-order valence-electron chi connectivity index (χ3n) is 5.09. The molecule has 0 atom stereocenters. The minimum absolute atomic E-state index is 0.0322. The minimum Gasteiger partial charge on any atom is -0.435 e. The van der Waals surface area contributed by atoms with Crippen LogP contribution >= 0.6 is 0 Å². The summed E-state index contributed by atoms with van der Waals surface area (Å²) in [7, 11) is 0. The van der Waals surface area contributed by atoms with Crippen LogP contribution in [0.25, 0.3) is 11.0 Å². The molecule has 2 N–H and O–H groups in total. The molecular formula is C22H22F2N4O4. The van der Waals surface area contributed by atoms with Crippen molar-refractivity contribution in [3.8, 4) is 5.75 Å². The van der Waals surface area contributed by atoms with Gasteiger partial charge < -0.3 is 10.1 Å². The lowest BCUT2D eigenvalue weighted by molar-refractivity contribution is -0.0498. The van der Waals surface area contributed by atoms with E-state index >= 15 is 0 Å². The molecule has 8 nitrogen and oxygen atoms in total. The standard InChI is InChI=1S/C22H22F2N4O4/c1-11(2)10-28-18-17(20(30)27-22(28)31)15(9-16(26-18)12-3-4-12)19(29)25-13-5-7-14(8-6-13)32-21(23)24/h5-9,11-12,21H,3-4,10H2,1-2H3,(H,25,29)(H,27,30,31). The van der Waals surface area contributed by atoms with Gasteiger partial charge in [-0.15, -0.1) is 0 Å². The van der Waals surface area contributed by atoms with Gasteiger partial charge in [-0.3, -0.25) is 19.1 Å². The molecule has 10 heteroatoms. The van der Waals surface area contributed by atoms with E-state index in [1.807, 2.05) is 13.8 Å². The smallest absolute Gasteiger partial charge is 0.387 e. The number of nitrogens with zero attached hydrogens (tertiary/aromatic N) is 2. The van der Waals surface area contributed by atoms with Crippen LogP contribution in [0, 0.1) is 5.92 Å². The van der Waals surface area contributed by atoms with Gasteiger partial charge in [0.1, 0.15) is 5.75 Å². The van der Waals surface area contributed by atoms with Gasteiger partial charge in [0.2, 0.25) is 0 Å². The fourth-order valence-corrected chi connectivity index (χ4v) is 3.51. The molecule has 0 unspecified atom stereocenters. The van der Waals surface area contributed by atoms with E-state index in [0.29, 0.717) is 17.9 Å². The number of halogens is 2. The maximum absolute atomic E-state index is 13.1. The van der Waals surface area contributed by atoms with E-state index in [-0.39, 0.29) is 34.2 Å². The zero-order chi connectivity index (χ0) is 23.0. The highest BCUT2D eigenvalue weighted by Gasteiger charge is 2.29. The molecule has 4 rings (SSSR count). The first-order valence-electron chi connectivity index (χ1n) is 10.3. The summed E-state index contributed by atoms with van der Waals surface area (Å²) in [6, 6.07) is 7.02. The lowest BCUT2D eigenvalue weighted by Gasteiger charge is -2.15. The van der Waals surface area contributed by atoms with Crippen LogP contribution in [0.15, 0.2) is 39.9 Å². The van der Waals surface area contributed by atoms with E-state index in [4.69, 9.17) is 0 Å². The summed E-state index contributed by atoms with van der Waals surface area (Å²) in [6.45, 7) is 1.25. The number of rotatable bonds is 7. The number of carbonyl (C=O) groups is 1. The quantitative estimate of drug-likeness (QED) is 0.581. The van der Waals surface area contributed by atoms with E-state index in [1.54, 1.807) is 6.07 Å². The van der Waals surface area contributed by atoms with Crippen LogP contribution in [-0.2, 0) is 6.54 Å². The van der Waals surface area contributed by atoms with E-state index in [2.05, 4.69) is 20.0 Å². The fourth-order valence-electron chi connectivity index (χ4n) is 3.51. The molecule has 2 heterocycles. The number of anilines is 1. The number of benzene rings is 1. The summed E-state index contributed by atoms with van der Waals surface area (Å²) in [5.74, 6) is -0.322. The molecule has 1 amide bonds. The fraction of sp³-hybridized carbons (Fsp3) is 0.364. The van der Waals surface area contributed by atoms with Crippen molar-refractivity contribution in [2.45, 2.75) is 45.8 Å². The normalized spacial score (nSPS) is 13.7. The molecule has 0 bridgehead atoms. The van der Waals surface area contributed by atoms with Crippen LogP contribution in [0.1, 0.15) is 48.7 Å². The first-order valence-corrected chi connectivity index (χ1v) is 10.3. The summed E-state index contributed by atoms with van der Waals surface area (Å²) in [5.41, 5.74) is 0.0156. The molecule has 3 aromatic rings. The minimum atomic E-state index is -2.95. The van der Waals surface area contributed by atoms with E-state index < -0.39 is 23.8 Å². The number of aromatic nitrogens is 3. The number of alkyl halides is 2. The molecule has 32 heavy (non-hydrogen) atoms. The van der Waals surface area contributed by atoms with Gasteiger partial charge in [-0.05, 0) is 49.1 Å². The molecule has 0 radical (unpaired) electrons. The summed E-state index contributed by atoms with van der Waals surface area (Å²) >= 11 is 0. The molecule has 1 aliphatic rings. The largest absolute Gasteiger partial charge is 0.435 e. The molecule has 168 valence electrons. The maximum Gasteiger partial charge on any atom is 0.387 e. The highest BCUT2D eigenvalue weighted by atomic mass is 19.3. The Morgan fingerprint density at radius 1 is 1.25 bits per heavy atom. The number of pyridine rings is 1. The van der Waals surface area contributed by atoms with Gasteiger partial charge in [0.05, 0.1) is 10.9 Å². The number of amides is 1.